The molecule has 0 unspecified atom stereocenters. The SMILES string of the molecule is COc1ccc(/C=C/c2ccc(-c3sc4c(sc5c6sc(-c7ccc(/C=C/c8ccc(OC)cc8)s7)c(C)c6sc45)c3C)s2)cc1. The molecule has 0 aliphatic heterocycles. The lowest BCUT2D eigenvalue weighted by atomic mass is 10.2. The minimum absolute atomic E-state index is 0.880. The molecule has 0 saturated carbocycles. The number of benzene rings is 2. The zero-order valence-corrected chi connectivity index (χ0v) is 30.4. The zero-order chi connectivity index (χ0) is 31.4. The van der Waals surface area contributed by atoms with E-state index >= 15 is 0 Å². The largest absolute Gasteiger partial charge is 0.497 e. The van der Waals surface area contributed by atoms with Crippen molar-refractivity contribution in [3.8, 4) is 31.0 Å². The number of fused-ring (bicyclic) bond motifs is 5. The summed E-state index contributed by atoms with van der Waals surface area (Å²) in [5.41, 5.74) is 5.16. The number of hydrogen-bond acceptors (Lipinski definition) is 8. The predicted octanol–water partition coefficient (Wildman–Crippen LogP) is 13.8. The minimum atomic E-state index is 0.880. The van der Waals surface area contributed by atoms with Gasteiger partial charge in [0.2, 0.25) is 0 Å². The van der Waals surface area contributed by atoms with Crippen LogP contribution in [0.15, 0.2) is 72.8 Å². The average molecular weight is 709 g/mol. The number of ether oxygens (including phenoxy) is 2. The van der Waals surface area contributed by atoms with Crippen LogP contribution in [0.1, 0.15) is 32.0 Å². The maximum absolute atomic E-state index is 5.28. The van der Waals surface area contributed by atoms with E-state index in [0.29, 0.717) is 0 Å². The van der Waals surface area contributed by atoms with Crippen molar-refractivity contribution in [1.29, 1.82) is 0 Å². The van der Waals surface area contributed by atoms with Crippen molar-refractivity contribution >= 4 is 121 Å². The number of methoxy groups -OCH3 is 2. The minimum Gasteiger partial charge on any atom is -0.497 e. The molecule has 0 radical (unpaired) electrons. The van der Waals surface area contributed by atoms with Gasteiger partial charge in [0.15, 0.2) is 0 Å². The Morgan fingerprint density at radius 1 is 0.413 bits per heavy atom. The Morgan fingerprint density at radius 2 is 0.804 bits per heavy atom. The highest BCUT2D eigenvalue weighted by Gasteiger charge is 2.23. The molecular weight excluding hydrogens is 681 g/mol. The summed E-state index contributed by atoms with van der Waals surface area (Å²) in [7, 11) is 3.40. The van der Waals surface area contributed by atoms with Crippen molar-refractivity contribution in [3.05, 3.63) is 105 Å². The van der Waals surface area contributed by atoms with Gasteiger partial charge in [-0.05, 0) is 96.8 Å². The summed E-state index contributed by atoms with van der Waals surface area (Å²) >= 11 is 11.6. The average Bonchev–Trinajstić information content (AvgIpc) is 3.93. The first-order valence-corrected chi connectivity index (χ1v) is 19.6. The fraction of sp³-hybridized carbons (Fsp3) is 0.105. The molecular formula is C38H28O2S6. The molecule has 8 aromatic rings. The molecule has 8 heteroatoms. The predicted molar refractivity (Wildman–Crippen MR) is 210 cm³/mol. The van der Waals surface area contributed by atoms with E-state index in [1.807, 2.05) is 92.3 Å². The molecule has 6 heterocycles. The van der Waals surface area contributed by atoms with Crippen molar-refractivity contribution in [2.75, 3.05) is 14.2 Å². The number of thiophene rings is 6. The van der Waals surface area contributed by atoms with E-state index in [0.717, 1.165) is 11.5 Å². The Bertz CT molecular complexity index is 2230. The molecule has 2 nitrogen and oxygen atoms in total. The molecule has 0 aliphatic rings. The van der Waals surface area contributed by atoms with Crippen LogP contribution in [-0.2, 0) is 0 Å². The first-order chi connectivity index (χ1) is 22.5. The summed E-state index contributed by atoms with van der Waals surface area (Å²) in [5.74, 6) is 1.76. The summed E-state index contributed by atoms with van der Waals surface area (Å²) < 4.78 is 19.3. The Kier molecular flexibility index (Phi) is 7.96. The van der Waals surface area contributed by atoms with Crippen LogP contribution < -0.4 is 9.47 Å². The van der Waals surface area contributed by atoms with Crippen molar-refractivity contribution in [1.82, 2.24) is 0 Å². The van der Waals surface area contributed by atoms with Crippen molar-refractivity contribution in [2.24, 2.45) is 0 Å². The van der Waals surface area contributed by atoms with E-state index in [-0.39, 0.29) is 0 Å². The van der Waals surface area contributed by atoms with Gasteiger partial charge < -0.3 is 9.47 Å². The van der Waals surface area contributed by atoms with Crippen LogP contribution in [0.3, 0.4) is 0 Å². The van der Waals surface area contributed by atoms with Crippen molar-refractivity contribution in [3.63, 3.8) is 0 Å². The van der Waals surface area contributed by atoms with Crippen LogP contribution in [0.5, 0.6) is 11.5 Å². The van der Waals surface area contributed by atoms with Gasteiger partial charge in [-0.3, -0.25) is 0 Å². The zero-order valence-electron chi connectivity index (χ0n) is 25.5. The highest BCUT2D eigenvalue weighted by Crippen LogP contribution is 2.55. The van der Waals surface area contributed by atoms with Gasteiger partial charge >= 0.3 is 0 Å². The molecule has 2 aromatic carbocycles. The molecule has 0 aliphatic carbocycles. The third kappa shape index (κ3) is 5.37. The molecule has 6 aromatic heterocycles. The van der Waals surface area contributed by atoms with E-state index in [1.54, 1.807) is 14.2 Å². The number of aryl methyl sites for hydroxylation is 2. The summed E-state index contributed by atoms with van der Waals surface area (Å²) in [6, 6.07) is 25.4. The van der Waals surface area contributed by atoms with Crippen molar-refractivity contribution < 1.29 is 9.47 Å². The normalized spacial score (nSPS) is 12.2. The lowest BCUT2D eigenvalue weighted by Gasteiger charge is -1.98. The molecule has 46 heavy (non-hydrogen) atoms. The standard InChI is InChI=1S/C38H28O2S6/c1-21-31(29-19-17-27(41-29)15-9-23-5-11-25(39-3)12-6-23)43-35-33(21)45-38-36-34(46-37(35)38)22(2)32(44-36)30-20-18-28(42-30)16-10-24-7-13-26(40-4)14-8-24/h5-20H,1-4H3/b15-9+,16-10+. The molecule has 0 amide bonds. The number of rotatable bonds is 8. The van der Waals surface area contributed by atoms with Crippen LogP contribution >= 0.6 is 68.0 Å². The molecule has 0 atom stereocenters. The molecule has 0 spiro atoms. The van der Waals surface area contributed by atoms with E-state index in [2.05, 4.69) is 86.7 Å². The molecule has 228 valence electrons. The maximum atomic E-state index is 5.28. The van der Waals surface area contributed by atoms with Crippen LogP contribution in [0.2, 0.25) is 0 Å². The summed E-state index contributed by atoms with van der Waals surface area (Å²) in [4.78, 5) is 8.03. The van der Waals surface area contributed by atoms with E-state index in [1.165, 1.54) is 79.7 Å². The smallest absolute Gasteiger partial charge is 0.118 e. The Labute approximate surface area is 291 Å². The molecule has 0 saturated heterocycles. The Hall–Kier alpha value is -3.50. The Morgan fingerprint density at radius 3 is 1.20 bits per heavy atom. The quantitative estimate of drug-likeness (QED) is 0.156. The van der Waals surface area contributed by atoms with Gasteiger partial charge in [0.05, 0.1) is 42.4 Å². The molecule has 8 rings (SSSR count). The summed E-state index contributed by atoms with van der Waals surface area (Å²) in [6.07, 6.45) is 8.76. The van der Waals surface area contributed by atoms with E-state index in [9.17, 15) is 0 Å². The molecule has 0 bridgehead atoms. The molecule has 0 fully saturated rings. The monoisotopic (exact) mass is 708 g/mol. The summed E-state index contributed by atoms with van der Waals surface area (Å²) in [5, 5.41) is 0. The van der Waals surface area contributed by atoms with Gasteiger partial charge in [0, 0.05) is 29.3 Å². The van der Waals surface area contributed by atoms with Crippen LogP contribution in [0, 0.1) is 13.8 Å². The van der Waals surface area contributed by atoms with Gasteiger partial charge in [0.1, 0.15) is 11.5 Å². The third-order valence-corrected chi connectivity index (χ3v) is 16.4. The van der Waals surface area contributed by atoms with Gasteiger partial charge in [-0.25, -0.2) is 0 Å². The Balaban J connectivity index is 1.06. The second kappa shape index (κ2) is 12.3. The van der Waals surface area contributed by atoms with Crippen LogP contribution in [-0.4, -0.2) is 14.2 Å². The first-order valence-electron chi connectivity index (χ1n) is 14.7. The van der Waals surface area contributed by atoms with Crippen LogP contribution in [0.4, 0.5) is 0 Å². The highest BCUT2D eigenvalue weighted by molar-refractivity contribution is 7.46. The van der Waals surface area contributed by atoms with Gasteiger partial charge in [-0.2, -0.15) is 0 Å². The van der Waals surface area contributed by atoms with Gasteiger partial charge in [0.25, 0.3) is 0 Å². The van der Waals surface area contributed by atoms with Gasteiger partial charge in [-0.1, -0.05) is 36.4 Å². The number of hydrogen-bond donors (Lipinski definition) is 0. The van der Waals surface area contributed by atoms with Crippen LogP contribution in [0.25, 0.3) is 72.0 Å². The van der Waals surface area contributed by atoms with Crippen molar-refractivity contribution in [2.45, 2.75) is 13.8 Å². The lowest BCUT2D eigenvalue weighted by molar-refractivity contribution is 0.414. The lowest BCUT2D eigenvalue weighted by Crippen LogP contribution is -1.81. The van der Waals surface area contributed by atoms with E-state index in [4.69, 9.17) is 9.47 Å². The third-order valence-electron chi connectivity index (χ3n) is 8.02. The second-order valence-electron chi connectivity index (χ2n) is 10.9. The van der Waals surface area contributed by atoms with E-state index < -0.39 is 0 Å². The maximum Gasteiger partial charge on any atom is 0.118 e. The topological polar surface area (TPSA) is 18.5 Å². The fourth-order valence-corrected chi connectivity index (χ4v) is 13.7. The fourth-order valence-electron chi connectivity index (χ4n) is 5.52. The van der Waals surface area contributed by atoms with Gasteiger partial charge in [-0.15, -0.1) is 68.0 Å². The second-order valence-corrected chi connectivity index (χ2v) is 17.2. The first kappa shape index (κ1) is 29.9. The molecule has 0 N–H and O–H groups in total. The highest BCUT2D eigenvalue weighted by atomic mass is 32.1. The summed E-state index contributed by atoms with van der Waals surface area (Å²) in [6.45, 7) is 4.60.